The van der Waals surface area contributed by atoms with Crippen LogP contribution in [0.15, 0.2) is 18.2 Å². The average Bonchev–Trinajstić information content (AvgIpc) is 3.12. The van der Waals surface area contributed by atoms with Crippen molar-refractivity contribution in [3.63, 3.8) is 0 Å². The Morgan fingerprint density at radius 1 is 1.29 bits per heavy atom. The molecular formula is C20H27N3O5. The first-order chi connectivity index (χ1) is 13.5. The summed E-state index contributed by atoms with van der Waals surface area (Å²) < 4.78 is 5.17. The lowest BCUT2D eigenvalue weighted by Crippen LogP contribution is -2.49. The molecule has 0 bridgehead atoms. The molecule has 8 heteroatoms. The van der Waals surface area contributed by atoms with Gasteiger partial charge in [0.2, 0.25) is 0 Å². The van der Waals surface area contributed by atoms with E-state index >= 15 is 0 Å². The highest BCUT2D eigenvalue weighted by molar-refractivity contribution is 5.97. The number of amides is 1. The number of ether oxygens (including phenoxy) is 1. The van der Waals surface area contributed by atoms with Crippen LogP contribution in [0.5, 0.6) is 5.75 Å². The number of aliphatic carboxylic acids is 1. The number of carbonyl (C=O) groups excluding carboxylic acids is 2. The van der Waals surface area contributed by atoms with E-state index in [-0.39, 0.29) is 18.4 Å². The molecule has 0 radical (unpaired) electrons. The topological polar surface area (TPSA) is 113 Å². The molecule has 3 rings (SSSR count). The second kappa shape index (κ2) is 8.60. The molecule has 8 nitrogen and oxygen atoms in total. The summed E-state index contributed by atoms with van der Waals surface area (Å²) in [6.07, 6.45) is 4.15. The molecule has 0 aromatic heterocycles. The van der Waals surface area contributed by atoms with Gasteiger partial charge in [0.15, 0.2) is 0 Å². The zero-order valence-electron chi connectivity index (χ0n) is 16.0. The third-order valence-electron chi connectivity index (χ3n) is 5.76. The molecule has 2 aliphatic heterocycles. The smallest absolute Gasteiger partial charge is 0.321 e. The van der Waals surface area contributed by atoms with Crippen LogP contribution in [-0.2, 0) is 9.59 Å². The largest absolute Gasteiger partial charge is 0.495 e. The number of carboxylic acids is 1. The zero-order valence-corrected chi connectivity index (χ0v) is 16.0. The minimum Gasteiger partial charge on any atom is -0.495 e. The number of benzene rings is 1. The van der Waals surface area contributed by atoms with Crippen LogP contribution in [0.4, 0.5) is 5.69 Å². The van der Waals surface area contributed by atoms with Gasteiger partial charge >= 0.3 is 5.97 Å². The lowest BCUT2D eigenvalue weighted by atomic mass is 9.94. The van der Waals surface area contributed by atoms with Crippen molar-refractivity contribution < 1.29 is 24.2 Å². The van der Waals surface area contributed by atoms with Crippen LogP contribution in [0.3, 0.4) is 0 Å². The van der Waals surface area contributed by atoms with E-state index in [1.807, 2.05) is 4.90 Å². The van der Waals surface area contributed by atoms with Gasteiger partial charge in [-0.3, -0.25) is 14.5 Å². The number of nitrogen functional groups attached to an aromatic ring is 1. The molecule has 2 heterocycles. The predicted molar refractivity (Wildman–Crippen MR) is 103 cm³/mol. The van der Waals surface area contributed by atoms with Crippen LogP contribution in [0.25, 0.3) is 0 Å². The number of rotatable bonds is 6. The summed E-state index contributed by atoms with van der Waals surface area (Å²) in [5, 5.41) is 9.82. The van der Waals surface area contributed by atoms with Gasteiger partial charge in [0.05, 0.1) is 18.8 Å². The highest BCUT2D eigenvalue weighted by Gasteiger charge is 2.44. The summed E-state index contributed by atoms with van der Waals surface area (Å²) in [7, 11) is 1.47. The van der Waals surface area contributed by atoms with Crippen LogP contribution < -0.4 is 10.5 Å². The number of nitrogens with two attached hydrogens (primary N) is 1. The lowest BCUT2D eigenvalue weighted by Gasteiger charge is -2.35. The molecule has 1 aromatic rings. The van der Waals surface area contributed by atoms with Crippen LogP contribution in [0, 0.1) is 5.92 Å². The maximum Gasteiger partial charge on any atom is 0.321 e. The summed E-state index contributed by atoms with van der Waals surface area (Å²) in [6.45, 7) is 1.72. The number of nitrogens with zero attached hydrogens (tertiary/aromatic N) is 2. The fraction of sp³-hybridized carbons (Fsp3) is 0.550. The lowest BCUT2D eigenvalue weighted by molar-refractivity contribution is -0.146. The van der Waals surface area contributed by atoms with E-state index < -0.39 is 18.1 Å². The van der Waals surface area contributed by atoms with Gasteiger partial charge in [-0.1, -0.05) is 6.42 Å². The first-order valence-electron chi connectivity index (χ1n) is 9.63. The molecule has 2 aliphatic rings. The van der Waals surface area contributed by atoms with Crippen LogP contribution in [0.2, 0.25) is 0 Å². The maximum absolute atomic E-state index is 13.0. The minimum atomic E-state index is -0.889. The van der Waals surface area contributed by atoms with Gasteiger partial charge in [0.25, 0.3) is 5.91 Å². The van der Waals surface area contributed by atoms with Crippen LogP contribution in [0.1, 0.15) is 36.0 Å². The van der Waals surface area contributed by atoms with Gasteiger partial charge in [0.1, 0.15) is 18.1 Å². The molecule has 3 atom stereocenters. The van der Waals surface area contributed by atoms with Gasteiger partial charge < -0.3 is 25.3 Å². The standard InChI is InChI=1S/C20H27N3O5/c1-28-17-10-13(5-6-16(17)21)19(25)23-11-14(9-15(23)12-24)18(20(26)27)22-7-3-2-4-8-22/h5-6,10,12,14-15,18H,2-4,7-9,11,21H2,1H3,(H,26,27)/t14?,15-,18?/m1/s1. The number of carbonyl (C=O) groups is 3. The van der Waals surface area contributed by atoms with E-state index in [1.54, 1.807) is 18.2 Å². The fourth-order valence-corrected chi connectivity index (χ4v) is 4.35. The Hall–Kier alpha value is -2.61. The van der Waals surface area contributed by atoms with Crippen molar-refractivity contribution in [1.29, 1.82) is 0 Å². The number of likely N-dealkylation sites (tertiary alicyclic amines) is 2. The molecule has 2 unspecified atom stereocenters. The molecule has 0 aliphatic carbocycles. The van der Waals surface area contributed by atoms with Crippen molar-refractivity contribution in [2.45, 2.75) is 37.8 Å². The first kappa shape index (κ1) is 20.1. The Labute approximate surface area is 164 Å². The molecule has 2 fully saturated rings. The van der Waals surface area contributed by atoms with Gasteiger partial charge in [0, 0.05) is 18.0 Å². The van der Waals surface area contributed by atoms with E-state index in [9.17, 15) is 19.5 Å². The summed E-state index contributed by atoms with van der Waals surface area (Å²) in [4.78, 5) is 40.1. The second-order valence-electron chi connectivity index (χ2n) is 7.49. The summed E-state index contributed by atoms with van der Waals surface area (Å²) >= 11 is 0. The minimum absolute atomic E-state index is 0.238. The number of hydrogen-bond acceptors (Lipinski definition) is 6. The summed E-state index contributed by atoms with van der Waals surface area (Å²) in [5.74, 6) is -1.10. The molecule has 1 aromatic carbocycles. The van der Waals surface area contributed by atoms with Gasteiger partial charge in [-0.25, -0.2) is 0 Å². The number of hydrogen-bond donors (Lipinski definition) is 2. The molecule has 0 saturated carbocycles. The third-order valence-corrected chi connectivity index (χ3v) is 5.76. The molecular weight excluding hydrogens is 362 g/mol. The SMILES string of the molecule is COc1cc(C(=O)N2CC(C(C(=O)O)N3CCCCC3)C[C@@H]2C=O)ccc1N. The van der Waals surface area contributed by atoms with Gasteiger partial charge in [-0.05, 0) is 50.6 Å². The third kappa shape index (κ3) is 3.96. The van der Waals surface area contributed by atoms with E-state index in [0.717, 1.165) is 38.6 Å². The number of carboxylic acid groups (broad SMARTS) is 1. The number of piperidine rings is 1. The Morgan fingerprint density at radius 3 is 2.61 bits per heavy atom. The zero-order chi connectivity index (χ0) is 20.3. The Balaban J connectivity index is 1.81. The Bertz CT molecular complexity index is 747. The van der Waals surface area contributed by atoms with E-state index in [1.165, 1.54) is 12.0 Å². The summed E-state index contributed by atoms with van der Waals surface area (Å²) in [6, 6.07) is 3.42. The molecule has 0 spiro atoms. The van der Waals surface area contributed by atoms with E-state index in [0.29, 0.717) is 23.4 Å². The molecule has 28 heavy (non-hydrogen) atoms. The number of aldehydes is 1. The van der Waals surface area contributed by atoms with Crippen molar-refractivity contribution in [1.82, 2.24) is 9.80 Å². The van der Waals surface area contributed by atoms with Crippen LogP contribution in [-0.4, -0.2) is 71.9 Å². The monoisotopic (exact) mass is 389 g/mol. The van der Waals surface area contributed by atoms with E-state index in [2.05, 4.69) is 0 Å². The first-order valence-corrected chi connectivity index (χ1v) is 9.63. The average molecular weight is 389 g/mol. The Kier molecular flexibility index (Phi) is 6.18. The number of anilines is 1. The van der Waals surface area contributed by atoms with Crippen molar-refractivity contribution in [3.8, 4) is 5.75 Å². The van der Waals surface area contributed by atoms with Crippen molar-refractivity contribution >= 4 is 23.9 Å². The second-order valence-corrected chi connectivity index (χ2v) is 7.49. The van der Waals surface area contributed by atoms with Crippen molar-refractivity contribution in [3.05, 3.63) is 23.8 Å². The molecule has 1 amide bonds. The highest BCUT2D eigenvalue weighted by atomic mass is 16.5. The molecule has 3 N–H and O–H groups in total. The Morgan fingerprint density at radius 2 is 2.00 bits per heavy atom. The fourth-order valence-electron chi connectivity index (χ4n) is 4.35. The van der Waals surface area contributed by atoms with Crippen molar-refractivity contribution in [2.75, 3.05) is 32.5 Å². The number of methoxy groups -OCH3 is 1. The van der Waals surface area contributed by atoms with Gasteiger partial charge in [-0.2, -0.15) is 0 Å². The summed E-state index contributed by atoms with van der Waals surface area (Å²) in [5.41, 5.74) is 6.59. The maximum atomic E-state index is 13.0. The molecule has 152 valence electrons. The highest BCUT2D eigenvalue weighted by Crippen LogP contribution is 2.31. The van der Waals surface area contributed by atoms with Gasteiger partial charge in [-0.15, -0.1) is 0 Å². The van der Waals surface area contributed by atoms with E-state index in [4.69, 9.17) is 10.5 Å². The van der Waals surface area contributed by atoms with Crippen LogP contribution >= 0.6 is 0 Å². The quantitative estimate of drug-likeness (QED) is 0.556. The van der Waals surface area contributed by atoms with Crippen molar-refractivity contribution in [2.24, 2.45) is 5.92 Å². The molecule has 2 saturated heterocycles. The predicted octanol–water partition coefficient (Wildman–Crippen LogP) is 1.25. The normalized spacial score (nSPS) is 24.0.